The van der Waals surface area contributed by atoms with E-state index in [0.29, 0.717) is 18.8 Å². The minimum Gasteiger partial charge on any atom is -0.348 e. The van der Waals surface area contributed by atoms with E-state index in [1.807, 2.05) is 11.8 Å². The molecule has 1 amide bonds. The highest BCUT2D eigenvalue weighted by Gasteiger charge is 2.42. The Morgan fingerprint density at radius 1 is 1.35 bits per heavy atom. The largest absolute Gasteiger partial charge is 0.417 e. The molecule has 7 heteroatoms. The molecule has 108 valence electrons. The molecule has 0 aliphatic carbocycles. The van der Waals surface area contributed by atoms with Gasteiger partial charge in [-0.25, -0.2) is 0 Å². The van der Waals surface area contributed by atoms with E-state index in [4.69, 9.17) is 0 Å². The van der Waals surface area contributed by atoms with Gasteiger partial charge in [0, 0.05) is 19.1 Å². The zero-order chi connectivity index (χ0) is 14.5. The Hall–Kier alpha value is -1.76. The van der Waals surface area contributed by atoms with E-state index < -0.39 is 17.6 Å². The first-order chi connectivity index (χ1) is 9.39. The Kier molecular flexibility index (Phi) is 2.89. The summed E-state index contributed by atoms with van der Waals surface area (Å²) in [6.45, 7) is 3.13. The number of nitrogens with zero attached hydrogens (tertiary/aromatic N) is 1. The van der Waals surface area contributed by atoms with Crippen LogP contribution >= 0.6 is 0 Å². The molecule has 2 aliphatic heterocycles. The van der Waals surface area contributed by atoms with Gasteiger partial charge >= 0.3 is 6.18 Å². The van der Waals surface area contributed by atoms with Crippen molar-refractivity contribution in [3.05, 3.63) is 29.3 Å². The zero-order valence-corrected chi connectivity index (χ0v) is 10.8. The van der Waals surface area contributed by atoms with Gasteiger partial charge in [0.25, 0.3) is 5.91 Å². The highest BCUT2D eigenvalue weighted by atomic mass is 19.4. The number of hydrogen-bond donors (Lipinski definition) is 2. The molecule has 1 aromatic rings. The molecule has 0 saturated carbocycles. The third-order valence-corrected chi connectivity index (χ3v) is 3.79. The predicted molar refractivity (Wildman–Crippen MR) is 67.5 cm³/mol. The lowest BCUT2D eigenvalue weighted by molar-refractivity contribution is -0.138. The van der Waals surface area contributed by atoms with Crippen LogP contribution < -0.4 is 15.5 Å². The zero-order valence-electron chi connectivity index (χ0n) is 10.8. The molecule has 1 aromatic carbocycles. The minimum atomic E-state index is -4.53. The molecule has 4 nitrogen and oxygen atoms in total. The molecule has 0 radical (unpaired) electrons. The van der Waals surface area contributed by atoms with Crippen LogP contribution in [0.15, 0.2) is 18.2 Å². The summed E-state index contributed by atoms with van der Waals surface area (Å²) in [5.74, 6) is -0.662. The van der Waals surface area contributed by atoms with Crippen molar-refractivity contribution in [3.8, 4) is 0 Å². The number of fused-ring (bicyclic) bond motifs is 3. The first-order valence-corrected chi connectivity index (χ1v) is 6.40. The van der Waals surface area contributed by atoms with Crippen molar-refractivity contribution < 1.29 is 18.0 Å². The number of alkyl halides is 3. The second-order valence-corrected chi connectivity index (χ2v) is 5.05. The number of hydrogen-bond acceptors (Lipinski definition) is 3. The summed E-state index contributed by atoms with van der Waals surface area (Å²) in [5.41, 5.74) is -0.788. The number of halogens is 3. The van der Waals surface area contributed by atoms with E-state index in [1.54, 1.807) is 6.07 Å². The number of nitrogens with one attached hydrogen (secondary N) is 2. The van der Waals surface area contributed by atoms with Crippen molar-refractivity contribution in [1.29, 1.82) is 0 Å². The first kappa shape index (κ1) is 13.2. The van der Waals surface area contributed by atoms with E-state index in [-0.39, 0.29) is 17.8 Å². The van der Waals surface area contributed by atoms with E-state index in [0.717, 1.165) is 6.07 Å². The van der Waals surface area contributed by atoms with Crippen LogP contribution in [0.4, 0.5) is 18.9 Å². The van der Waals surface area contributed by atoms with E-state index >= 15 is 0 Å². The molecule has 2 heterocycles. The third-order valence-electron chi connectivity index (χ3n) is 3.79. The van der Waals surface area contributed by atoms with Gasteiger partial charge in [0.15, 0.2) is 0 Å². The molecule has 0 bridgehead atoms. The van der Waals surface area contributed by atoms with E-state index in [2.05, 4.69) is 10.6 Å². The molecule has 1 fully saturated rings. The minimum absolute atomic E-state index is 0.0182. The van der Waals surface area contributed by atoms with Crippen molar-refractivity contribution in [2.24, 2.45) is 0 Å². The van der Waals surface area contributed by atoms with Crippen LogP contribution in [0.2, 0.25) is 0 Å². The second-order valence-electron chi connectivity index (χ2n) is 5.05. The Morgan fingerprint density at radius 2 is 2.10 bits per heavy atom. The monoisotopic (exact) mass is 285 g/mol. The molecule has 20 heavy (non-hydrogen) atoms. The summed E-state index contributed by atoms with van der Waals surface area (Å²) in [4.78, 5) is 13.9. The topological polar surface area (TPSA) is 44.4 Å². The van der Waals surface area contributed by atoms with Crippen LogP contribution in [-0.4, -0.2) is 31.2 Å². The summed E-state index contributed by atoms with van der Waals surface area (Å²) in [6, 6.07) is 3.86. The molecule has 2 atom stereocenters. The average molecular weight is 285 g/mol. The SMILES string of the molecule is C[C@H]1NCCN2c3cccc(C(F)(F)F)c3C(=O)N[C@H]12. The molecule has 0 unspecified atom stereocenters. The smallest absolute Gasteiger partial charge is 0.348 e. The first-order valence-electron chi connectivity index (χ1n) is 6.40. The Morgan fingerprint density at radius 3 is 2.80 bits per heavy atom. The number of carbonyl (C=O) groups excluding carboxylic acids is 1. The molecule has 0 aromatic heterocycles. The molecular formula is C13H14F3N3O. The lowest BCUT2D eigenvalue weighted by Gasteiger charge is -2.46. The number of carbonyl (C=O) groups is 1. The van der Waals surface area contributed by atoms with Gasteiger partial charge in [0.2, 0.25) is 0 Å². The van der Waals surface area contributed by atoms with E-state index in [9.17, 15) is 18.0 Å². The van der Waals surface area contributed by atoms with Gasteiger partial charge in [-0.2, -0.15) is 13.2 Å². The van der Waals surface area contributed by atoms with Gasteiger partial charge in [-0.15, -0.1) is 0 Å². The lowest BCUT2D eigenvalue weighted by atomic mass is 9.97. The number of rotatable bonds is 0. The lowest BCUT2D eigenvalue weighted by Crippen LogP contribution is -2.66. The van der Waals surface area contributed by atoms with Crippen LogP contribution in [-0.2, 0) is 6.18 Å². The van der Waals surface area contributed by atoms with Crippen molar-refractivity contribution in [1.82, 2.24) is 10.6 Å². The fourth-order valence-electron chi connectivity index (χ4n) is 2.87. The molecule has 3 rings (SSSR count). The fourth-order valence-corrected chi connectivity index (χ4v) is 2.87. The number of amides is 1. The molecule has 2 N–H and O–H groups in total. The highest BCUT2D eigenvalue weighted by Crippen LogP contribution is 2.38. The molecule has 0 spiro atoms. The maximum atomic E-state index is 13.0. The Balaban J connectivity index is 2.14. The fraction of sp³-hybridized carbons (Fsp3) is 0.462. The normalized spacial score (nSPS) is 25.8. The number of anilines is 1. The van der Waals surface area contributed by atoms with Gasteiger partial charge in [0.05, 0.1) is 16.8 Å². The average Bonchev–Trinajstić information content (AvgIpc) is 2.39. The van der Waals surface area contributed by atoms with Gasteiger partial charge in [0.1, 0.15) is 6.17 Å². The number of piperazine rings is 1. The number of benzene rings is 1. The van der Waals surface area contributed by atoms with Crippen LogP contribution in [0, 0.1) is 0 Å². The molecule has 1 saturated heterocycles. The van der Waals surface area contributed by atoms with Gasteiger partial charge in [-0.05, 0) is 19.1 Å². The van der Waals surface area contributed by atoms with Crippen molar-refractivity contribution in [3.63, 3.8) is 0 Å². The van der Waals surface area contributed by atoms with Crippen LogP contribution in [0.3, 0.4) is 0 Å². The Labute approximate surface area is 113 Å². The summed E-state index contributed by atoms with van der Waals surface area (Å²) in [7, 11) is 0. The predicted octanol–water partition coefficient (Wildman–Crippen LogP) is 1.57. The van der Waals surface area contributed by atoms with Crippen LogP contribution in [0.1, 0.15) is 22.8 Å². The maximum absolute atomic E-state index is 13.0. The summed E-state index contributed by atoms with van der Waals surface area (Å²) in [6.07, 6.45) is -4.85. The van der Waals surface area contributed by atoms with Crippen LogP contribution in [0.25, 0.3) is 0 Å². The van der Waals surface area contributed by atoms with Gasteiger partial charge in [-0.3, -0.25) is 4.79 Å². The Bertz CT molecular complexity index is 558. The second kappa shape index (κ2) is 4.37. The molecule has 2 aliphatic rings. The third kappa shape index (κ3) is 1.93. The van der Waals surface area contributed by atoms with Crippen molar-refractivity contribution in [2.45, 2.75) is 25.3 Å². The summed E-state index contributed by atoms with van der Waals surface area (Å²) in [5, 5.41) is 5.86. The highest BCUT2D eigenvalue weighted by molar-refractivity contribution is 6.03. The molecular weight excluding hydrogens is 271 g/mol. The summed E-state index contributed by atoms with van der Waals surface area (Å²) < 4.78 is 39.1. The standard InChI is InChI=1S/C13H14F3N3O/c1-7-11-18-12(20)10-8(13(14,15)16)3-2-4-9(10)19(11)6-5-17-7/h2-4,7,11,17H,5-6H2,1H3,(H,18,20)/t7-,11+/m1/s1. The van der Waals surface area contributed by atoms with Crippen molar-refractivity contribution in [2.75, 3.05) is 18.0 Å². The maximum Gasteiger partial charge on any atom is 0.417 e. The van der Waals surface area contributed by atoms with Crippen LogP contribution in [0.5, 0.6) is 0 Å². The van der Waals surface area contributed by atoms with Crippen molar-refractivity contribution >= 4 is 11.6 Å². The summed E-state index contributed by atoms with van der Waals surface area (Å²) >= 11 is 0. The van der Waals surface area contributed by atoms with E-state index in [1.165, 1.54) is 6.07 Å². The quantitative estimate of drug-likeness (QED) is 0.760. The van der Waals surface area contributed by atoms with Gasteiger partial charge < -0.3 is 15.5 Å². The van der Waals surface area contributed by atoms with Gasteiger partial charge in [-0.1, -0.05) is 6.07 Å².